The first kappa shape index (κ1) is 11.7. The monoisotopic (exact) mass is 205 g/mol. The Morgan fingerprint density at radius 2 is 2.40 bits per heavy atom. The molecule has 0 bridgehead atoms. The predicted molar refractivity (Wildman–Crippen MR) is 64.7 cm³/mol. The third-order valence-electron chi connectivity index (χ3n) is 2.30. The molecule has 3 N–H and O–H groups in total. The summed E-state index contributed by atoms with van der Waals surface area (Å²) in [5, 5.41) is 3.12. The van der Waals surface area contributed by atoms with E-state index in [2.05, 4.69) is 23.3 Å². The minimum absolute atomic E-state index is 0.825. The zero-order valence-electron chi connectivity index (χ0n) is 9.46. The standard InChI is InChI=1S/C12H19N3/c1-10(4-3-6-14-2)8-11-9-15-7-5-12(11)13/h4-5,7,9,14H,3,6,8H2,1-2H3,(H2,13,15). The van der Waals surface area contributed by atoms with Crippen molar-refractivity contribution in [2.75, 3.05) is 19.3 Å². The van der Waals surface area contributed by atoms with E-state index in [-0.39, 0.29) is 0 Å². The molecule has 1 rings (SSSR count). The van der Waals surface area contributed by atoms with Crippen LogP contribution in [0.2, 0.25) is 0 Å². The zero-order valence-corrected chi connectivity index (χ0v) is 9.46. The van der Waals surface area contributed by atoms with Crippen LogP contribution < -0.4 is 11.1 Å². The van der Waals surface area contributed by atoms with Crippen LogP contribution >= 0.6 is 0 Å². The van der Waals surface area contributed by atoms with Gasteiger partial charge in [0.05, 0.1) is 0 Å². The van der Waals surface area contributed by atoms with E-state index in [0.29, 0.717) is 0 Å². The molecular formula is C12H19N3. The van der Waals surface area contributed by atoms with Crippen LogP contribution in [0, 0.1) is 0 Å². The number of nitrogens with one attached hydrogen (secondary N) is 1. The molecule has 0 radical (unpaired) electrons. The number of nitrogen functional groups attached to an aromatic ring is 1. The Kier molecular flexibility index (Phi) is 4.84. The normalized spacial score (nSPS) is 11.7. The highest BCUT2D eigenvalue weighted by Gasteiger charge is 1.99. The van der Waals surface area contributed by atoms with E-state index in [1.165, 1.54) is 5.57 Å². The molecule has 15 heavy (non-hydrogen) atoms. The molecular weight excluding hydrogens is 186 g/mol. The van der Waals surface area contributed by atoms with Crippen LogP contribution in [0.25, 0.3) is 0 Å². The largest absolute Gasteiger partial charge is 0.398 e. The van der Waals surface area contributed by atoms with E-state index in [1.54, 1.807) is 6.20 Å². The number of aromatic nitrogens is 1. The fraction of sp³-hybridized carbons (Fsp3) is 0.417. The van der Waals surface area contributed by atoms with E-state index in [1.807, 2.05) is 19.3 Å². The molecule has 0 aliphatic heterocycles. The maximum atomic E-state index is 5.84. The Labute approximate surface area is 91.4 Å². The van der Waals surface area contributed by atoms with Gasteiger partial charge in [-0.05, 0) is 45.0 Å². The third kappa shape index (κ3) is 4.13. The van der Waals surface area contributed by atoms with Gasteiger partial charge in [0.15, 0.2) is 0 Å². The van der Waals surface area contributed by atoms with Gasteiger partial charge in [-0.3, -0.25) is 4.98 Å². The minimum Gasteiger partial charge on any atom is -0.398 e. The lowest BCUT2D eigenvalue weighted by atomic mass is 10.1. The number of nitrogens with zero attached hydrogens (tertiary/aromatic N) is 1. The molecule has 0 aliphatic rings. The van der Waals surface area contributed by atoms with Gasteiger partial charge in [-0.15, -0.1) is 0 Å². The lowest BCUT2D eigenvalue weighted by Crippen LogP contribution is -2.06. The summed E-state index contributed by atoms with van der Waals surface area (Å²) in [6.07, 6.45) is 7.75. The Balaban J connectivity index is 2.54. The van der Waals surface area contributed by atoms with Crippen LogP contribution in [0.15, 0.2) is 30.1 Å². The third-order valence-corrected chi connectivity index (χ3v) is 2.30. The molecule has 0 spiro atoms. The second-order valence-electron chi connectivity index (χ2n) is 3.69. The quantitative estimate of drug-likeness (QED) is 0.569. The molecule has 3 nitrogen and oxygen atoms in total. The number of nitrogens with two attached hydrogens (primary N) is 1. The maximum absolute atomic E-state index is 5.84. The fourth-order valence-electron chi connectivity index (χ4n) is 1.42. The van der Waals surface area contributed by atoms with Crippen molar-refractivity contribution in [3.05, 3.63) is 35.7 Å². The topological polar surface area (TPSA) is 50.9 Å². The Hall–Kier alpha value is -1.35. The number of rotatable bonds is 5. The minimum atomic E-state index is 0.825. The summed E-state index contributed by atoms with van der Waals surface area (Å²) < 4.78 is 0. The fourth-order valence-corrected chi connectivity index (χ4v) is 1.42. The van der Waals surface area contributed by atoms with E-state index in [9.17, 15) is 0 Å². The van der Waals surface area contributed by atoms with Crippen molar-refractivity contribution in [2.45, 2.75) is 19.8 Å². The van der Waals surface area contributed by atoms with Gasteiger partial charge in [-0.25, -0.2) is 0 Å². The van der Waals surface area contributed by atoms with Crippen molar-refractivity contribution in [2.24, 2.45) is 0 Å². The van der Waals surface area contributed by atoms with Crippen LogP contribution in [0.1, 0.15) is 18.9 Å². The summed E-state index contributed by atoms with van der Waals surface area (Å²) in [7, 11) is 1.96. The van der Waals surface area contributed by atoms with Crippen LogP contribution in [0.3, 0.4) is 0 Å². The van der Waals surface area contributed by atoms with Crippen LogP contribution in [-0.4, -0.2) is 18.6 Å². The van der Waals surface area contributed by atoms with Crippen molar-refractivity contribution in [1.82, 2.24) is 10.3 Å². The van der Waals surface area contributed by atoms with E-state index < -0.39 is 0 Å². The maximum Gasteiger partial charge on any atom is 0.0380 e. The number of hydrogen-bond donors (Lipinski definition) is 2. The second kappa shape index (κ2) is 6.19. The average Bonchev–Trinajstić information content (AvgIpc) is 2.22. The Bertz CT molecular complexity index is 331. The van der Waals surface area contributed by atoms with Gasteiger partial charge < -0.3 is 11.1 Å². The first-order chi connectivity index (χ1) is 7.24. The molecule has 0 saturated heterocycles. The number of pyridine rings is 1. The predicted octanol–water partition coefficient (Wildman–Crippen LogP) is 1.76. The Morgan fingerprint density at radius 1 is 1.60 bits per heavy atom. The SMILES string of the molecule is CNCCC=C(C)Cc1cnccc1N. The van der Waals surface area contributed by atoms with Crippen LogP contribution in [0.4, 0.5) is 5.69 Å². The number of anilines is 1. The molecule has 0 saturated carbocycles. The van der Waals surface area contributed by atoms with Crippen molar-refractivity contribution in [3.63, 3.8) is 0 Å². The molecule has 1 heterocycles. The zero-order chi connectivity index (χ0) is 11.1. The summed E-state index contributed by atoms with van der Waals surface area (Å²) in [5.74, 6) is 0. The molecule has 82 valence electrons. The van der Waals surface area contributed by atoms with Gasteiger partial charge in [0.1, 0.15) is 0 Å². The summed E-state index contributed by atoms with van der Waals surface area (Å²) in [6, 6.07) is 1.84. The molecule has 0 unspecified atom stereocenters. The molecule has 3 heteroatoms. The highest BCUT2D eigenvalue weighted by atomic mass is 14.8. The molecule has 0 atom stereocenters. The molecule has 0 aliphatic carbocycles. The van der Waals surface area contributed by atoms with Crippen molar-refractivity contribution >= 4 is 5.69 Å². The highest BCUT2D eigenvalue weighted by Crippen LogP contribution is 2.13. The summed E-state index contributed by atoms with van der Waals surface area (Å²) >= 11 is 0. The van der Waals surface area contributed by atoms with Gasteiger partial charge in [-0.1, -0.05) is 11.6 Å². The van der Waals surface area contributed by atoms with Crippen molar-refractivity contribution in [1.29, 1.82) is 0 Å². The first-order valence-corrected chi connectivity index (χ1v) is 5.22. The van der Waals surface area contributed by atoms with E-state index >= 15 is 0 Å². The van der Waals surface area contributed by atoms with Gasteiger partial charge in [0.25, 0.3) is 0 Å². The summed E-state index contributed by atoms with van der Waals surface area (Å²) in [4.78, 5) is 4.08. The summed E-state index contributed by atoms with van der Waals surface area (Å²) in [5.41, 5.74) is 9.11. The molecule has 1 aromatic rings. The van der Waals surface area contributed by atoms with Crippen LogP contribution in [0.5, 0.6) is 0 Å². The van der Waals surface area contributed by atoms with Gasteiger partial charge in [0.2, 0.25) is 0 Å². The Morgan fingerprint density at radius 3 is 3.07 bits per heavy atom. The van der Waals surface area contributed by atoms with Gasteiger partial charge >= 0.3 is 0 Å². The van der Waals surface area contributed by atoms with Gasteiger partial charge in [0, 0.05) is 18.1 Å². The molecule has 0 amide bonds. The van der Waals surface area contributed by atoms with Gasteiger partial charge in [-0.2, -0.15) is 0 Å². The number of hydrogen-bond acceptors (Lipinski definition) is 3. The molecule has 0 aromatic carbocycles. The molecule has 1 aromatic heterocycles. The highest BCUT2D eigenvalue weighted by molar-refractivity contribution is 5.45. The lowest BCUT2D eigenvalue weighted by molar-refractivity contribution is 0.802. The van der Waals surface area contributed by atoms with Crippen molar-refractivity contribution in [3.8, 4) is 0 Å². The average molecular weight is 205 g/mol. The second-order valence-corrected chi connectivity index (χ2v) is 3.69. The van der Waals surface area contributed by atoms with Crippen LogP contribution in [-0.2, 0) is 6.42 Å². The number of allylic oxidation sites excluding steroid dienone is 1. The lowest BCUT2D eigenvalue weighted by Gasteiger charge is -2.04. The van der Waals surface area contributed by atoms with E-state index in [4.69, 9.17) is 5.73 Å². The van der Waals surface area contributed by atoms with Crippen molar-refractivity contribution < 1.29 is 0 Å². The van der Waals surface area contributed by atoms with E-state index in [0.717, 1.165) is 30.6 Å². The smallest absolute Gasteiger partial charge is 0.0380 e. The molecule has 0 fully saturated rings. The first-order valence-electron chi connectivity index (χ1n) is 5.22. The summed E-state index contributed by atoms with van der Waals surface area (Å²) in [6.45, 7) is 3.14.